The van der Waals surface area contributed by atoms with Crippen LogP contribution in [0.3, 0.4) is 0 Å². The van der Waals surface area contributed by atoms with Crippen LogP contribution >= 0.6 is 0 Å². The number of carbonyl (C=O) groups excluding carboxylic acids is 1. The van der Waals surface area contributed by atoms with Gasteiger partial charge in [0.25, 0.3) is 0 Å². The molecule has 1 aliphatic heterocycles. The van der Waals surface area contributed by atoms with Crippen LogP contribution in [0.25, 0.3) is 11.7 Å². The van der Waals surface area contributed by atoms with E-state index in [2.05, 4.69) is 10.4 Å². The van der Waals surface area contributed by atoms with Crippen LogP contribution in [0.2, 0.25) is 0 Å². The lowest BCUT2D eigenvalue weighted by atomic mass is 10.0. The summed E-state index contributed by atoms with van der Waals surface area (Å²) in [5.74, 6) is -0.403. The van der Waals surface area contributed by atoms with Crippen molar-refractivity contribution in [1.82, 2.24) is 19.9 Å². The molecule has 0 radical (unpaired) electrons. The lowest BCUT2D eigenvalue weighted by molar-refractivity contribution is -0.116. The zero-order valence-corrected chi connectivity index (χ0v) is 16.8. The molecule has 1 N–H and O–H groups in total. The Morgan fingerprint density at radius 2 is 2.13 bits per heavy atom. The minimum absolute atomic E-state index is 0.0473. The largest absolute Gasteiger partial charge is 0.350 e. The van der Waals surface area contributed by atoms with Crippen molar-refractivity contribution in [3.05, 3.63) is 65.5 Å². The van der Waals surface area contributed by atoms with Gasteiger partial charge in [0.1, 0.15) is 17.5 Å². The van der Waals surface area contributed by atoms with Crippen molar-refractivity contribution in [3.8, 4) is 0 Å². The van der Waals surface area contributed by atoms with Gasteiger partial charge in [0, 0.05) is 36.0 Å². The molecular weight excluding hydrogens is 388 g/mol. The Kier molecular flexibility index (Phi) is 5.48. The number of nitrogens with zero attached hydrogens (tertiary/aromatic N) is 4. The van der Waals surface area contributed by atoms with Gasteiger partial charge in [-0.1, -0.05) is 0 Å². The molecule has 0 aliphatic carbocycles. The predicted molar refractivity (Wildman–Crippen MR) is 111 cm³/mol. The van der Waals surface area contributed by atoms with Crippen LogP contribution < -0.4 is 10.2 Å². The van der Waals surface area contributed by atoms with Crippen LogP contribution in [0.5, 0.6) is 0 Å². The summed E-state index contributed by atoms with van der Waals surface area (Å²) >= 11 is 0. The smallest absolute Gasteiger partial charge is 0.244 e. The number of hydrogen-bond donors (Lipinski definition) is 1. The van der Waals surface area contributed by atoms with Crippen LogP contribution in [0.15, 0.2) is 42.7 Å². The van der Waals surface area contributed by atoms with E-state index in [-0.39, 0.29) is 18.0 Å². The highest BCUT2D eigenvalue weighted by molar-refractivity contribution is 5.92. The molecule has 2 aromatic heterocycles. The van der Waals surface area contributed by atoms with Gasteiger partial charge in [-0.15, -0.1) is 0 Å². The number of rotatable bonds is 5. The molecule has 30 heavy (non-hydrogen) atoms. The molecule has 3 heterocycles. The van der Waals surface area contributed by atoms with Gasteiger partial charge in [-0.2, -0.15) is 5.10 Å². The summed E-state index contributed by atoms with van der Waals surface area (Å²) < 4.78 is 29.7. The molecule has 6 nitrogen and oxygen atoms in total. The number of aromatic nitrogens is 3. The first-order valence-electron chi connectivity index (χ1n) is 9.97. The van der Waals surface area contributed by atoms with Gasteiger partial charge >= 0.3 is 0 Å². The fourth-order valence-electron chi connectivity index (χ4n) is 3.79. The minimum Gasteiger partial charge on any atom is -0.350 e. The van der Waals surface area contributed by atoms with Crippen LogP contribution in [0.1, 0.15) is 43.9 Å². The van der Waals surface area contributed by atoms with Gasteiger partial charge in [0.15, 0.2) is 5.65 Å². The first-order valence-corrected chi connectivity index (χ1v) is 9.97. The number of amides is 1. The average molecular weight is 411 g/mol. The molecule has 1 atom stereocenters. The first kappa shape index (κ1) is 20.0. The third-order valence-corrected chi connectivity index (χ3v) is 5.09. The summed E-state index contributed by atoms with van der Waals surface area (Å²) in [4.78, 5) is 18.6. The number of halogens is 2. The van der Waals surface area contributed by atoms with E-state index in [4.69, 9.17) is 4.98 Å². The Labute approximate surface area is 173 Å². The lowest BCUT2D eigenvalue weighted by Crippen LogP contribution is -2.28. The molecule has 1 fully saturated rings. The Hall–Kier alpha value is -3.29. The Morgan fingerprint density at radius 3 is 2.93 bits per heavy atom. The summed E-state index contributed by atoms with van der Waals surface area (Å²) in [6.45, 7) is 4.48. The number of carbonyl (C=O) groups is 1. The molecule has 1 unspecified atom stereocenters. The maximum absolute atomic E-state index is 14.4. The highest BCUT2D eigenvalue weighted by Gasteiger charge is 2.29. The fourth-order valence-corrected chi connectivity index (χ4v) is 3.79. The molecule has 0 spiro atoms. The molecule has 1 aromatic carbocycles. The highest BCUT2D eigenvalue weighted by Crippen LogP contribution is 2.36. The van der Waals surface area contributed by atoms with Crippen LogP contribution in [0.4, 0.5) is 14.6 Å². The third-order valence-electron chi connectivity index (χ3n) is 5.09. The molecule has 1 saturated heterocycles. The number of benzene rings is 1. The van der Waals surface area contributed by atoms with E-state index >= 15 is 0 Å². The van der Waals surface area contributed by atoms with Gasteiger partial charge in [-0.25, -0.2) is 18.3 Å². The zero-order chi connectivity index (χ0) is 21.3. The second-order valence-corrected chi connectivity index (χ2v) is 7.67. The monoisotopic (exact) mass is 411 g/mol. The third kappa shape index (κ3) is 4.03. The SMILES string of the molecule is CC(C)NC(=O)/C=C/c1cnn2ccc(N3CCCC3c3cc(F)ccc3F)nc12. The molecule has 0 saturated carbocycles. The lowest BCUT2D eigenvalue weighted by Gasteiger charge is -2.26. The number of hydrogen-bond acceptors (Lipinski definition) is 4. The molecule has 3 aromatic rings. The maximum Gasteiger partial charge on any atom is 0.244 e. The highest BCUT2D eigenvalue weighted by atomic mass is 19.1. The van der Waals surface area contributed by atoms with Crippen molar-refractivity contribution >= 4 is 23.4 Å². The summed E-state index contributed by atoms with van der Waals surface area (Å²) in [5, 5.41) is 7.07. The topological polar surface area (TPSA) is 62.5 Å². The summed E-state index contributed by atoms with van der Waals surface area (Å²) in [5.41, 5.74) is 1.63. The average Bonchev–Trinajstić information content (AvgIpc) is 3.34. The van der Waals surface area contributed by atoms with E-state index in [1.165, 1.54) is 18.2 Å². The summed E-state index contributed by atoms with van der Waals surface area (Å²) in [7, 11) is 0. The quantitative estimate of drug-likeness (QED) is 0.647. The predicted octanol–water partition coefficient (Wildman–Crippen LogP) is 3.89. The van der Waals surface area contributed by atoms with Gasteiger partial charge in [0.05, 0.1) is 12.2 Å². The Bertz CT molecular complexity index is 1110. The van der Waals surface area contributed by atoms with Crippen molar-refractivity contribution < 1.29 is 13.6 Å². The molecular formula is C22H23F2N5O. The van der Waals surface area contributed by atoms with Crippen molar-refractivity contribution in [2.45, 2.75) is 38.8 Å². The standard InChI is InChI=1S/C22H23F2N5O/c1-14(2)26-21(30)8-5-15-13-25-29-11-9-20(27-22(15)29)28-10-3-4-19(28)17-12-16(23)6-7-18(17)24/h5-9,11-14,19H,3-4,10H2,1-2H3,(H,26,30)/b8-5+. The normalized spacial score (nSPS) is 16.8. The number of anilines is 1. The van der Waals surface area contributed by atoms with Crippen LogP contribution in [-0.4, -0.2) is 33.1 Å². The molecule has 8 heteroatoms. The van der Waals surface area contributed by atoms with E-state index in [9.17, 15) is 13.6 Å². The van der Waals surface area contributed by atoms with E-state index in [1.54, 1.807) is 23.0 Å². The van der Waals surface area contributed by atoms with Crippen molar-refractivity contribution in [3.63, 3.8) is 0 Å². The Morgan fingerprint density at radius 1 is 1.30 bits per heavy atom. The molecule has 156 valence electrons. The molecule has 1 aliphatic rings. The molecule has 0 bridgehead atoms. The van der Waals surface area contributed by atoms with Gasteiger partial charge < -0.3 is 10.2 Å². The van der Waals surface area contributed by atoms with Crippen LogP contribution in [0, 0.1) is 11.6 Å². The van der Waals surface area contributed by atoms with E-state index in [0.717, 1.165) is 12.5 Å². The second kappa shape index (κ2) is 8.22. The fraction of sp³-hybridized carbons (Fsp3) is 0.318. The maximum atomic E-state index is 14.4. The Balaban J connectivity index is 1.65. The van der Waals surface area contributed by atoms with Crippen molar-refractivity contribution in [2.75, 3.05) is 11.4 Å². The molecule has 1 amide bonds. The number of fused-ring (bicyclic) bond motifs is 1. The van der Waals surface area contributed by atoms with Crippen molar-refractivity contribution in [1.29, 1.82) is 0 Å². The van der Waals surface area contributed by atoms with Gasteiger partial charge in [-0.3, -0.25) is 4.79 Å². The van der Waals surface area contributed by atoms with Crippen LogP contribution in [-0.2, 0) is 4.79 Å². The number of nitrogens with one attached hydrogen (secondary N) is 1. The zero-order valence-electron chi connectivity index (χ0n) is 16.8. The van der Waals surface area contributed by atoms with Crippen molar-refractivity contribution in [2.24, 2.45) is 0 Å². The summed E-state index contributed by atoms with van der Waals surface area (Å²) in [6.07, 6.45) is 8.11. The van der Waals surface area contributed by atoms with E-state index in [0.29, 0.717) is 35.6 Å². The second-order valence-electron chi connectivity index (χ2n) is 7.67. The van der Waals surface area contributed by atoms with E-state index in [1.807, 2.05) is 24.8 Å². The first-order chi connectivity index (χ1) is 14.4. The minimum atomic E-state index is -0.454. The van der Waals surface area contributed by atoms with Gasteiger partial charge in [0.2, 0.25) is 5.91 Å². The summed E-state index contributed by atoms with van der Waals surface area (Å²) in [6, 6.07) is 5.13. The van der Waals surface area contributed by atoms with Gasteiger partial charge in [-0.05, 0) is 57.0 Å². The molecule has 4 rings (SSSR count). The van der Waals surface area contributed by atoms with E-state index < -0.39 is 11.6 Å².